The Kier molecular flexibility index (Phi) is 8.38. The molecule has 104 valence electrons. The van der Waals surface area contributed by atoms with Crippen molar-refractivity contribution in [3.05, 3.63) is 5.82 Å². The molecule has 1 aromatic rings. The Labute approximate surface area is 110 Å². The molecule has 1 N–H and O–H groups in total. The maximum absolute atomic E-state index is 5.38. The number of nitrogens with zero attached hydrogens (tertiary/aromatic N) is 3. The Balaban J connectivity index is 1.99. The number of hydrogen-bond acceptors (Lipinski definition) is 4. The zero-order valence-corrected chi connectivity index (χ0v) is 11.7. The molecule has 0 bridgehead atoms. The zero-order valence-electron chi connectivity index (χ0n) is 11.7. The lowest BCUT2D eigenvalue weighted by molar-refractivity contribution is 0.0858. The number of aromatic amines is 1. The standard InChI is InChI=1S/C13H26N4O/c1-3-4-5-6-7-8-9-10-11-12(18-2)13-14-16-17-15-13/h12H,3-11H2,1-2H3,(H,14,15,16,17). The highest BCUT2D eigenvalue weighted by molar-refractivity contribution is 4.83. The fourth-order valence-corrected chi connectivity index (χ4v) is 2.13. The summed E-state index contributed by atoms with van der Waals surface area (Å²) < 4.78 is 5.38. The Hall–Kier alpha value is -0.970. The molecular weight excluding hydrogens is 228 g/mol. The van der Waals surface area contributed by atoms with Gasteiger partial charge in [0.15, 0.2) is 5.82 Å². The number of ether oxygens (including phenoxy) is 1. The molecule has 0 amide bonds. The van der Waals surface area contributed by atoms with Crippen LogP contribution in [0.1, 0.15) is 76.6 Å². The highest BCUT2D eigenvalue weighted by Crippen LogP contribution is 2.19. The summed E-state index contributed by atoms with van der Waals surface area (Å²) in [6, 6.07) is 0. The van der Waals surface area contributed by atoms with E-state index in [2.05, 4.69) is 27.5 Å². The average Bonchev–Trinajstić information content (AvgIpc) is 2.91. The first-order valence-corrected chi connectivity index (χ1v) is 7.15. The number of hydrogen-bond donors (Lipinski definition) is 1. The van der Waals surface area contributed by atoms with Gasteiger partial charge in [0.2, 0.25) is 0 Å². The summed E-state index contributed by atoms with van der Waals surface area (Å²) in [6.45, 7) is 2.25. The Morgan fingerprint density at radius 3 is 2.28 bits per heavy atom. The smallest absolute Gasteiger partial charge is 0.177 e. The molecule has 1 aromatic heterocycles. The van der Waals surface area contributed by atoms with E-state index >= 15 is 0 Å². The Bertz CT molecular complexity index is 277. The highest BCUT2D eigenvalue weighted by Gasteiger charge is 2.13. The molecule has 5 heteroatoms. The molecule has 0 aliphatic heterocycles. The second-order valence-corrected chi connectivity index (χ2v) is 4.77. The second-order valence-electron chi connectivity index (χ2n) is 4.77. The fraction of sp³-hybridized carbons (Fsp3) is 0.923. The molecule has 1 rings (SSSR count). The quantitative estimate of drug-likeness (QED) is 0.615. The molecule has 5 nitrogen and oxygen atoms in total. The first kappa shape index (κ1) is 15.1. The monoisotopic (exact) mass is 254 g/mol. The van der Waals surface area contributed by atoms with Crippen molar-refractivity contribution in [2.45, 2.75) is 70.8 Å². The minimum absolute atomic E-state index is 0.0140. The first-order chi connectivity index (χ1) is 8.88. The van der Waals surface area contributed by atoms with Crippen LogP contribution in [0.3, 0.4) is 0 Å². The minimum Gasteiger partial charge on any atom is -0.373 e. The van der Waals surface area contributed by atoms with Crippen molar-refractivity contribution in [3.8, 4) is 0 Å². The summed E-state index contributed by atoms with van der Waals surface area (Å²) in [5.41, 5.74) is 0. The van der Waals surface area contributed by atoms with Gasteiger partial charge in [0.25, 0.3) is 0 Å². The van der Waals surface area contributed by atoms with Crippen molar-refractivity contribution in [1.29, 1.82) is 0 Å². The summed E-state index contributed by atoms with van der Waals surface area (Å²) in [4.78, 5) is 0. The van der Waals surface area contributed by atoms with Crippen LogP contribution in [-0.2, 0) is 4.74 Å². The lowest BCUT2D eigenvalue weighted by Gasteiger charge is -2.11. The SMILES string of the molecule is CCCCCCCCCCC(OC)c1nnn[nH]1. The average molecular weight is 254 g/mol. The van der Waals surface area contributed by atoms with Crippen LogP contribution >= 0.6 is 0 Å². The lowest BCUT2D eigenvalue weighted by atomic mass is 10.1. The number of methoxy groups -OCH3 is 1. The topological polar surface area (TPSA) is 63.7 Å². The fourth-order valence-electron chi connectivity index (χ4n) is 2.13. The number of H-pyrrole nitrogens is 1. The van der Waals surface area contributed by atoms with Crippen molar-refractivity contribution >= 4 is 0 Å². The van der Waals surface area contributed by atoms with E-state index in [0.29, 0.717) is 0 Å². The second kappa shape index (κ2) is 10.00. The highest BCUT2D eigenvalue weighted by atomic mass is 16.5. The van der Waals surface area contributed by atoms with Crippen LogP contribution in [0.4, 0.5) is 0 Å². The number of aromatic nitrogens is 4. The molecular formula is C13H26N4O. The number of tetrazole rings is 1. The van der Waals surface area contributed by atoms with Crippen LogP contribution in [0, 0.1) is 0 Å². The van der Waals surface area contributed by atoms with Gasteiger partial charge in [-0.05, 0) is 16.8 Å². The van der Waals surface area contributed by atoms with Crippen LogP contribution in [-0.4, -0.2) is 27.7 Å². The Morgan fingerprint density at radius 2 is 1.72 bits per heavy atom. The third-order valence-corrected chi connectivity index (χ3v) is 3.27. The lowest BCUT2D eigenvalue weighted by Crippen LogP contribution is -2.04. The summed E-state index contributed by atoms with van der Waals surface area (Å²) in [5, 5.41) is 13.8. The van der Waals surface area contributed by atoms with Gasteiger partial charge < -0.3 is 4.74 Å². The van der Waals surface area contributed by atoms with Gasteiger partial charge in [0.05, 0.1) is 0 Å². The van der Waals surface area contributed by atoms with Crippen LogP contribution in [0.25, 0.3) is 0 Å². The molecule has 1 heterocycles. The molecule has 0 aromatic carbocycles. The summed E-state index contributed by atoms with van der Waals surface area (Å²) in [7, 11) is 1.71. The van der Waals surface area contributed by atoms with Crippen molar-refractivity contribution < 1.29 is 4.74 Å². The van der Waals surface area contributed by atoms with E-state index in [1.165, 1.54) is 51.4 Å². The van der Waals surface area contributed by atoms with Crippen molar-refractivity contribution in [1.82, 2.24) is 20.6 Å². The van der Waals surface area contributed by atoms with E-state index in [-0.39, 0.29) is 6.10 Å². The van der Waals surface area contributed by atoms with Crippen molar-refractivity contribution in [3.63, 3.8) is 0 Å². The third-order valence-electron chi connectivity index (χ3n) is 3.27. The number of nitrogens with one attached hydrogen (secondary N) is 1. The van der Waals surface area contributed by atoms with Crippen molar-refractivity contribution in [2.24, 2.45) is 0 Å². The van der Waals surface area contributed by atoms with Gasteiger partial charge in [-0.1, -0.05) is 58.3 Å². The van der Waals surface area contributed by atoms with Gasteiger partial charge in [0.1, 0.15) is 6.10 Å². The van der Waals surface area contributed by atoms with Gasteiger partial charge in [0, 0.05) is 7.11 Å². The van der Waals surface area contributed by atoms with Gasteiger partial charge in [-0.25, -0.2) is 5.10 Å². The molecule has 1 atom stereocenters. The molecule has 0 saturated carbocycles. The maximum atomic E-state index is 5.38. The zero-order chi connectivity index (χ0) is 13.1. The summed E-state index contributed by atoms with van der Waals surface area (Å²) >= 11 is 0. The molecule has 0 fully saturated rings. The molecule has 18 heavy (non-hydrogen) atoms. The minimum atomic E-state index is 0.0140. The van der Waals surface area contributed by atoms with Gasteiger partial charge >= 0.3 is 0 Å². The van der Waals surface area contributed by atoms with Crippen LogP contribution in [0.5, 0.6) is 0 Å². The van der Waals surface area contributed by atoms with E-state index in [1.807, 2.05) is 0 Å². The molecule has 0 spiro atoms. The molecule has 0 aliphatic carbocycles. The van der Waals surface area contributed by atoms with E-state index in [0.717, 1.165) is 12.2 Å². The molecule has 0 radical (unpaired) electrons. The van der Waals surface area contributed by atoms with Crippen LogP contribution in [0.2, 0.25) is 0 Å². The van der Waals surface area contributed by atoms with E-state index in [1.54, 1.807) is 7.11 Å². The molecule has 0 aliphatic rings. The number of rotatable bonds is 11. The third kappa shape index (κ3) is 6.10. The van der Waals surface area contributed by atoms with Crippen LogP contribution < -0.4 is 0 Å². The Morgan fingerprint density at radius 1 is 1.06 bits per heavy atom. The predicted octanol–water partition coefficient (Wildman–Crippen LogP) is 3.42. The molecule has 0 saturated heterocycles. The largest absolute Gasteiger partial charge is 0.373 e. The van der Waals surface area contributed by atoms with E-state index in [4.69, 9.17) is 4.74 Å². The maximum Gasteiger partial charge on any atom is 0.177 e. The van der Waals surface area contributed by atoms with Gasteiger partial charge in [-0.2, -0.15) is 0 Å². The van der Waals surface area contributed by atoms with E-state index < -0.39 is 0 Å². The predicted molar refractivity (Wildman–Crippen MR) is 71.2 cm³/mol. The van der Waals surface area contributed by atoms with Gasteiger partial charge in [-0.3, -0.25) is 0 Å². The molecule has 1 unspecified atom stereocenters. The number of unbranched alkanes of at least 4 members (excludes halogenated alkanes) is 7. The summed E-state index contributed by atoms with van der Waals surface area (Å²) in [5.74, 6) is 0.737. The first-order valence-electron chi connectivity index (χ1n) is 7.15. The van der Waals surface area contributed by atoms with Crippen LogP contribution in [0.15, 0.2) is 0 Å². The van der Waals surface area contributed by atoms with Gasteiger partial charge in [-0.15, -0.1) is 5.10 Å². The normalized spacial score (nSPS) is 12.8. The van der Waals surface area contributed by atoms with E-state index in [9.17, 15) is 0 Å². The summed E-state index contributed by atoms with van der Waals surface area (Å²) in [6.07, 6.45) is 11.6. The van der Waals surface area contributed by atoms with Crippen molar-refractivity contribution in [2.75, 3.05) is 7.11 Å².